The third kappa shape index (κ3) is 9.79. The number of hydrogen-bond donors (Lipinski definition) is 2. The maximum atomic E-state index is 14.4. The van der Waals surface area contributed by atoms with Gasteiger partial charge in [-0.2, -0.15) is 0 Å². The zero-order valence-electron chi connectivity index (χ0n) is 31.4. The number of Topliss-reactive ketones (excluding diaryl/α,β-unsaturated/α-hetero) is 1. The lowest BCUT2D eigenvalue weighted by Gasteiger charge is -2.37. The number of aliphatic hydroxyl groups is 1. The van der Waals surface area contributed by atoms with Gasteiger partial charge < -0.3 is 24.6 Å². The Morgan fingerprint density at radius 2 is 1.89 bits per heavy atom. The summed E-state index contributed by atoms with van der Waals surface area (Å²) in [5.74, 6) is -2.69. The molecule has 2 N–H and O–H groups in total. The number of rotatable bonds is 10. The quantitative estimate of drug-likeness (QED) is 0.0928. The van der Waals surface area contributed by atoms with E-state index in [-0.39, 0.29) is 49.1 Å². The molecule has 0 radical (unpaired) electrons. The number of alkyl carbamates (subject to hydrolysis) is 1. The number of allylic oxidation sites excluding steroid dienone is 1. The molecule has 0 bridgehead atoms. The predicted octanol–water partition coefficient (Wildman–Crippen LogP) is 6.29. The number of unbranched alkanes of at least 4 members (excludes halogenated alkanes) is 2. The Hall–Kier alpha value is -3.94. The largest absolute Gasteiger partial charge is 0.457 e. The highest BCUT2D eigenvalue weighted by Crippen LogP contribution is 2.47. The van der Waals surface area contributed by atoms with Crippen molar-refractivity contribution in [2.75, 3.05) is 13.1 Å². The number of imide groups is 1. The fourth-order valence-electron chi connectivity index (χ4n) is 7.46. The molecule has 12 nitrogen and oxygen atoms in total. The third-order valence-corrected chi connectivity index (χ3v) is 11.9. The molecule has 53 heavy (non-hydrogen) atoms. The number of nitrogens with one attached hydrogen (secondary N) is 1. The first-order valence-corrected chi connectivity index (χ1v) is 19.5. The lowest BCUT2D eigenvalue weighted by atomic mass is 9.71. The monoisotopic (exact) mass is 751 g/mol. The Balaban J connectivity index is 1.34. The molecule has 1 aromatic carbocycles. The van der Waals surface area contributed by atoms with Gasteiger partial charge in [-0.1, -0.05) is 25.5 Å². The van der Waals surface area contributed by atoms with Crippen molar-refractivity contribution in [3.8, 4) is 0 Å². The molecule has 3 aliphatic rings. The summed E-state index contributed by atoms with van der Waals surface area (Å²) in [4.78, 5) is 70.9. The number of fused-ring (bicyclic) bond motifs is 2. The van der Waals surface area contributed by atoms with Gasteiger partial charge in [0.25, 0.3) is 11.8 Å². The smallest absolute Gasteiger partial charge is 0.407 e. The number of hydrogen-bond acceptors (Lipinski definition) is 11. The summed E-state index contributed by atoms with van der Waals surface area (Å²) in [5, 5.41) is 15.1. The molecule has 0 aliphatic carbocycles. The van der Waals surface area contributed by atoms with E-state index < -0.39 is 53.7 Å². The molecule has 2 fully saturated rings. The number of aliphatic hydroxyl groups excluding tert-OH is 1. The van der Waals surface area contributed by atoms with Gasteiger partial charge in [0.05, 0.1) is 44.9 Å². The number of thiazole rings is 1. The number of ketones is 1. The standard InChI is InChI=1S/C40H53N3O9S/c1-7-12-27-36(47)24(2)13-11-18-40(6)32(52-40)22-29(26-14-15-30-28(21-26)42-25(3)53-30)50-35(46)23-31(39(4,5)37(27)48)51-38(49)41-19-9-8-10-20-43-33(44)16-17-34(43)45/h7,14-17,21,24,27,29,31-32,36,47H,1,8-13,18-20,22-23H2,2-6H3,(H,41,49)/t24-,27+,29-,31-,32-,36-,40+/m0/s1. The van der Waals surface area contributed by atoms with Gasteiger partial charge in [-0.25, -0.2) is 9.78 Å². The number of cyclic esters (lactones) is 1. The van der Waals surface area contributed by atoms with Crippen LogP contribution in [0.4, 0.5) is 4.79 Å². The van der Waals surface area contributed by atoms with Crippen molar-refractivity contribution in [3.05, 3.63) is 53.6 Å². The van der Waals surface area contributed by atoms with E-state index >= 15 is 0 Å². The highest BCUT2D eigenvalue weighted by molar-refractivity contribution is 7.18. The van der Waals surface area contributed by atoms with Gasteiger partial charge in [-0.3, -0.25) is 24.1 Å². The second-order valence-corrected chi connectivity index (χ2v) is 16.7. The summed E-state index contributed by atoms with van der Waals surface area (Å²) in [7, 11) is 0. The zero-order chi connectivity index (χ0) is 38.5. The van der Waals surface area contributed by atoms with Crippen LogP contribution in [-0.2, 0) is 33.4 Å². The highest BCUT2D eigenvalue weighted by atomic mass is 32.1. The van der Waals surface area contributed by atoms with Gasteiger partial charge >= 0.3 is 12.1 Å². The van der Waals surface area contributed by atoms with Gasteiger partial charge in [0.2, 0.25) is 0 Å². The number of carbonyl (C=O) groups is 5. The van der Waals surface area contributed by atoms with Gasteiger partial charge in [-0.15, -0.1) is 17.9 Å². The van der Waals surface area contributed by atoms with Crippen LogP contribution >= 0.6 is 11.3 Å². The minimum atomic E-state index is -1.39. The van der Waals surface area contributed by atoms with Gasteiger partial charge in [-0.05, 0) is 89.8 Å². The molecule has 0 spiro atoms. The molecule has 7 atom stereocenters. The van der Waals surface area contributed by atoms with Gasteiger partial charge in [0.15, 0.2) is 0 Å². The molecular formula is C40H53N3O9S. The Kier molecular flexibility index (Phi) is 12.9. The van der Waals surface area contributed by atoms with Gasteiger partial charge in [0, 0.05) is 37.6 Å². The van der Waals surface area contributed by atoms with E-state index in [9.17, 15) is 29.1 Å². The number of aryl methyl sites for hydroxylation is 1. The molecule has 5 rings (SSSR count). The van der Waals surface area contributed by atoms with Crippen LogP contribution in [0, 0.1) is 24.2 Å². The maximum Gasteiger partial charge on any atom is 0.407 e. The number of epoxide rings is 1. The first kappa shape index (κ1) is 40.2. The molecular weight excluding hydrogens is 699 g/mol. The van der Waals surface area contributed by atoms with Crippen LogP contribution in [0.15, 0.2) is 43.0 Å². The SMILES string of the molecule is C=CC[C@H]1C(=O)C(C)(C)[C@@H](OC(=O)NCCCCCN2C(=O)C=CC2=O)CC(=O)O[C@H](c2ccc3sc(C)nc3c2)C[C@@H]2O[C@]2(C)CCC[C@H](C)[C@@H]1O. The predicted molar refractivity (Wildman–Crippen MR) is 200 cm³/mol. The summed E-state index contributed by atoms with van der Waals surface area (Å²) >= 11 is 1.58. The minimum absolute atomic E-state index is 0.154. The number of aromatic nitrogens is 1. The highest BCUT2D eigenvalue weighted by Gasteiger charge is 2.53. The van der Waals surface area contributed by atoms with E-state index in [1.165, 1.54) is 17.1 Å². The molecule has 288 valence electrons. The molecule has 2 aromatic rings. The van der Waals surface area contributed by atoms with E-state index in [2.05, 4.69) is 23.8 Å². The Morgan fingerprint density at radius 1 is 1.15 bits per heavy atom. The van der Waals surface area contributed by atoms with Crippen molar-refractivity contribution >= 4 is 51.2 Å². The van der Waals surface area contributed by atoms with E-state index in [1.54, 1.807) is 31.3 Å². The normalized spacial score (nSPS) is 29.5. The molecule has 2 saturated heterocycles. The summed E-state index contributed by atoms with van der Waals surface area (Å²) in [5.41, 5.74) is -0.211. The van der Waals surface area contributed by atoms with Crippen LogP contribution in [0.5, 0.6) is 0 Å². The van der Waals surface area contributed by atoms with E-state index in [0.717, 1.165) is 33.6 Å². The van der Waals surface area contributed by atoms with Crippen molar-refractivity contribution < 1.29 is 43.3 Å². The van der Waals surface area contributed by atoms with Crippen molar-refractivity contribution in [2.45, 2.75) is 122 Å². The lowest BCUT2D eigenvalue weighted by Crippen LogP contribution is -2.49. The molecule has 0 saturated carbocycles. The van der Waals surface area contributed by atoms with Crippen LogP contribution in [0.1, 0.15) is 102 Å². The molecule has 1 aromatic heterocycles. The average molecular weight is 752 g/mol. The number of ether oxygens (including phenoxy) is 3. The summed E-state index contributed by atoms with van der Waals surface area (Å²) in [6.45, 7) is 13.5. The Labute approximate surface area is 315 Å². The Bertz CT molecular complexity index is 1720. The molecule has 3 aliphatic heterocycles. The molecule has 4 heterocycles. The van der Waals surface area contributed by atoms with Crippen molar-refractivity contribution in [2.24, 2.45) is 17.3 Å². The van der Waals surface area contributed by atoms with Crippen molar-refractivity contribution in [1.82, 2.24) is 15.2 Å². The lowest BCUT2D eigenvalue weighted by molar-refractivity contribution is -0.156. The average Bonchev–Trinajstić information content (AvgIpc) is 3.39. The van der Waals surface area contributed by atoms with Crippen LogP contribution in [0.3, 0.4) is 0 Å². The Morgan fingerprint density at radius 3 is 2.60 bits per heavy atom. The van der Waals surface area contributed by atoms with Crippen molar-refractivity contribution in [3.63, 3.8) is 0 Å². The van der Waals surface area contributed by atoms with Crippen LogP contribution in [-0.4, -0.2) is 81.7 Å². The van der Waals surface area contributed by atoms with E-state index in [4.69, 9.17) is 14.2 Å². The molecule has 3 amide bonds. The number of amides is 3. The maximum absolute atomic E-state index is 14.4. The first-order chi connectivity index (χ1) is 25.1. The van der Waals surface area contributed by atoms with Crippen molar-refractivity contribution in [1.29, 1.82) is 0 Å². The summed E-state index contributed by atoms with van der Waals surface area (Å²) < 4.78 is 19.3. The third-order valence-electron chi connectivity index (χ3n) is 11.0. The molecule has 0 unspecified atom stereocenters. The van der Waals surface area contributed by atoms with Crippen LogP contribution < -0.4 is 5.32 Å². The van der Waals surface area contributed by atoms with E-state index in [1.807, 2.05) is 32.0 Å². The number of nitrogens with zero attached hydrogens (tertiary/aromatic N) is 2. The zero-order valence-corrected chi connectivity index (χ0v) is 32.2. The number of benzene rings is 1. The van der Waals surface area contributed by atoms with Crippen LogP contribution in [0.25, 0.3) is 10.2 Å². The number of esters is 1. The van der Waals surface area contributed by atoms with Crippen LogP contribution in [0.2, 0.25) is 0 Å². The summed E-state index contributed by atoms with van der Waals surface area (Å²) in [6.07, 6.45) is 4.45. The fourth-order valence-corrected chi connectivity index (χ4v) is 8.27. The van der Waals surface area contributed by atoms with E-state index in [0.29, 0.717) is 32.1 Å². The van der Waals surface area contributed by atoms with Gasteiger partial charge in [0.1, 0.15) is 18.0 Å². The molecule has 13 heteroatoms. The summed E-state index contributed by atoms with van der Waals surface area (Å²) in [6, 6.07) is 5.85. The fraction of sp³-hybridized carbons (Fsp3) is 0.600. The minimum Gasteiger partial charge on any atom is -0.457 e. The number of carbonyl (C=O) groups excluding carboxylic acids is 5. The topological polar surface area (TPSA) is 165 Å². The first-order valence-electron chi connectivity index (χ1n) is 18.7. The second-order valence-electron chi connectivity index (χ2n) is 15.4. The second kappa shape index (κ2) is 17.0.